The Morgan fingerprint density at radius 2 is 2.18 bits per heavy atom. The molecule has 0 amide bonds. The zero-order valence-corrected chi connectivity index (χ0v) is 13.4. The third kappa shape index (κ3) is 3.61. The summed E-state index contributed by atoms with van der Waals surface area (Å²) in [6.07, 6.45) is 1.42. The second kappa shape index (κ2) is 6.42. The van der Waals surface area contributed by atoms with Crippen LogP contribution in [-0.2, 0) is 21.9 Å². The van der Waals surface area contributed by atoms with E-state index in [1.807, 2.05) is 6.92 Å². The number of hydrogen-bond donors (Lipinski definition) is 2. The minimum Gasteiger partial charge on any atom is -0.463 e. The number of hydrogen-bond acceptors (Lipinski definition) is 5. The van der Waals surface area contributed by atoms with Crippen LogP contribution in [-0.4, -0.2) is 11.1 Å². The first-order chi connectivity index (χ1) is 10.3. The quantitative estimate of drug-likeness (QED) is 0.650. The molecule has 1 aromatic carbocycles. The third-order valence-electron chi connectivity index (χ3n) is 3.22. The van der Waals surface area contributed by atoms with Crippen molar-refractivity contribution in [3.8, 4) is 0 Å². The molecule has 2 N–H and O–H groups in total. The number of ether oxygens (including phenoxy) is 1. The summed E-state index contributed by atoms with van der Waals surface area (Å²) in [5, 5.41) is 12.9. The summed E-state index contributed by atoms with van der Waals surface area (Å²) in [5.41, 5.74) is 1.07. The molecule has 1 aromatic heterocycles. The highest BCUT2D eigenvalue weighted by Crippen LogP contribution is 2.31. The van der Waals surface area contributed by atoms with Gasteiger partial charge in [-0.2, -0.15) is 0 Å². The zero-order chi connectivity index (χ0) is 16.3. The molecule has 0 aliphatic rings. The number of nitrogens with one attached hydrogen (secondary N) is 1. The van der Waals surface area contributed by atoms with E-state index in [4.69, 9.17) is 25.9 Å². The van der Waals surface area contributed by atoms with Gasteiger partial charge in [-0.05, 0) is 36.8 Å². The molecule has 2 aromatic rings. The molecule has 0 fully saturated rings. The number of benzene rings is 1. The third-order valence-corrected chi connectivity index (χ3v) is 3.45. The zero-order valence-electron chi connectivity index (χ0n) is 12.6. The lowest BCUT2D eigenvalue weighted by molar-refractivity contribution is -0.155. The van der Waals surface area contributed by atoms with Crippen LogP contribution in [0.25, 0.3) is 0 Å². The van der Waals surface area contributed by atoms with Crippen LogP contribution >= 0.6 is 11.6 Å². The number of aliphatic hydroxyl groups excluding tert-OH is 1. The van der Waals surface area contributed by atoms with Crippen LogP contribution in [0.4, 0.5) is 5.69 Å². The van der Waals surface area contributed by atoms with Crippen molar-refractivity contribution in [1.82, 2.24) is 0 Å². The molecule has 118 valence electrons. The van der Waals surface area contributed by atoms with E-state index in [-0.39, 0.29) is 6.61 Å². The van der Waals surface area contributed by atoms with Crippen molar-refractivity contribution in [2.45, 2.75) is 33.1 Å². The first kappa shape index (κ1) is 16.4. The predicted octanol–water partition coefficient (Wildman–Crippen LogP) is 3.58. The second-order valence-corrected chi connectivity index (χ2v) is 5.62. The Morgan fingerprint density at radius 1 is 1.45 bits per heavy atom. The van der Waals surface area contributed by atoms with Crippen molar-refractivity contribution in [3.05, 3.63) is 52.4 Å². The van der Waals surface area contributed by atoms with Crippen molar-refractivity contribution < 1.29 is 19.1 Å². The normalized spacial score (nSPS) is 13.5. The number of aliphatic hydroxyl groups is 1. The van der Waals surface area contributed by atoms with Gasteiger partial charge in [0.15, 0.2) is 5.76 Å². The van der Waals surface area contributed by atoms with Gasteiger partial charge < -0.3 is 19.6 Å². The molecule has 0 bridgehead atoms. The maximum Gasteiger partial charge on any atom is 0.305 e. The lowest BCUT2D eigenvalue weighted by Gasteiger charge is -2.29. The molecule has 0 aliphatic carbocycles. The standard InChI is InChI=1S/C16H18ClNO4/c1-10-6-13(17)4-5-14(10)18-16(3,22-11(2)20)15-7-12(8-19)9-21-15/h4-7,9,18-19H,8H2,1-3H3. The molecule has 0 spiro atoms. The van der Waals surface area contributed by atoms with Gasteiger partial charge in [0.05, 0.1) is 12.9 Å². The SMILES string of the molecule is CC(=O)OC(C)(Nc1ccc(Cl)cc1C)c1cc(CO)co1. The van der Waals surface area contributed by atoms with Crippen molar-refractivity contribution >= 4 is 23.3 Å². The number of carbonyl (C=O) groups excluding carboxylic acids is 1. The maximum atomic E-state index is 11.5. The second-order valence-electron chi connectivity index (χ2n) is 5.19. The van der Waals surface area contributed by atoms with Crippen LogP contribution in [0.3, 0.4) is 0 Å². The Bertz CT molecular complexity index is 683. The predicted molar refractivity (Wildman–Crippen MR) is 83.6 cm³/mol. The van der Waals surface area contributed by atoms with Gasteiger partial charge in [-0.3, -0.25) is 4.79 Å². The molecule has 6 heteroatoms. The van der Waals surface area contributed by atoms with E-state index < -0.39 is 11.7 Å². The number of esters is 1. The van der Waals surface area contributed by atoms with Gasteiger partial charge in [0.25, 0.3) is 0 Å². The van der Waals surface area contributed by atoms with Crippen molar-refractivity contribution in [3.63, 3.8) is 0 Å². The number of rotatable bonds is 5. The van der Waals surface area contributed by atoms with E-state index in [9.17, 15) is 4.79 Å². The molecule has 2 rings (SSSR count). The fourth-order valence-corrected chi connectivity index (χ4v) is 2.38. The van der Waals surface area contributed by atoms with E-state index in [1.165, 1.54) is 13.2 Å². The van der Waals surface area contributed by atoms with E-state index in [1.54, 1.807) is 31.2 Å². The van der Waals surface area contributed by atoms with E-state index >= 15 is 0 Å². The van der Waals surface area contributed by atoms with Crippen LogP contribution in [0.2, 0.25) is 5.02 Å². The number of carbonyl (C=O) groups is 1. The van der Waals surface area contributed by atoms with E-state index in [2.05, 4.69) is 5.32 Å². The summed E-state index contributed by atoms with van der Waals surface area (Å²) in [5.74, 6) is -0.0651. The Hall–Kier alpha value is -1.98. The summed E-state index contributed by atoms with van der Waals surface area (Å²) >= 11 is 5.95. The van der Waals surface area contributed by atoms with Crippen LogP contribution in [0, 0.1) is 6.92 Å². The molecule has 5 nitrogen and oxygen atoms in total. The van der Waals surface area contributed by atoms with Crippen LogP contribution < -0.4 is 5.32 Å². The van der Waals surface area contributed by atoms with Crippen LogP contribution in [0.5, 0.6) is 0 Å². The molecule has 22 heavy (non-hydrogen) atoms. The minimum absolute atomic E-state index is 0.153. The molecule has 0 radical (unpaired) electrons. The average molecular weight is 324 g/mol. The summed E-state index contributed by atoms with van der Waals surface area (Å²) in [6, 6.07) is 6.99. The first-order valence-electron chi connectivity index (χ1n) is 6.77. The molecular weight excluding hydrogens is 306 g/mol. The van der Waals surface area contributed by atoms with Crippen LogP contribution in [0.15, 0.2) is 34.9 Å². The minimum atomic E-state index is -1.20. The molecule has 1 atom stereocenters. The van der Waals surface area contributed by atoms with Gasteiger partial charge in [0.2, 0.25) is 5.72 Å². The molecule has 0 aliphatic heterocycles. The number of aryl methyl sites for hydroxylation is 1. The smallest absolute Gasteiger partial charge is 0.305 e. The highest BCUT2D eigenvalue weighted by atomic mass is 35.5. The Labute approximate surface area is 133 Å². The largest absolute Gasteiger partial charge is 0.463 e. The highest BCUT2D eigenvalue weighted by molar-refractivity contribution is 6.30. The number of anilines is 1. The number of halogens is 1. The molecule has 0 saturated heterocycles. The molecule has 1 unspecified atom stereocenters. The Kier molecular flexibility index (Phi) is 4.78. The number of furan rings is 1. The average Bonchev–Trinajstić information content (AvgIpc) is 2.91. The summed E-state index contributed by atoms with van der Waals surface area (Å²) in [4.78, 5) is 11.5. The highest BCUT2D eigenvalue weighted by Gasteiger charge is 2.34. The summed E-state index contributed by atoms with van der Waals surface area (Å²) in [7, 11) is 0. The lowest BCUT2D eigenvalue weighted by atomic mass is 10.1. The first-order valence-corrected chi connectivity index (χ1v) is 7.14. The van der Waals surface area contributed by atoms with Crippen molar-refractivity contribution in [1.29, 1.82) is 0 Å². The van der Waals surface area contributed by atoms with Gasteiger partial charge in [0, 0.05) is 30.1 Å². The van der Waals surface area contributed by atoms with Crippen molar-refractivity contribution in [2.24, 2.45) is 0 Å². The maximum absolute atomic E-state index is 11.5. The van der Waals surface area contributed by atoms with Gasteiger partial charge in [-0.25, -0.2) is 0 Å². The topological polar surface area (TPSA) is 71.7 Å². The van der Waals surface area contributed by atoms with Gasteiger partial charge in [-0.15, -0.1) is 0 Å². The monoisotopic (exact) mass is 323 g/mol. The molecular formula is C16H18ClNO4. The lowest BCUT2D eigenvalue weighted by Crippen LogP contribution is -2.36. The molecule has 0 saturated carbocycles. The summed E-state index contributed by atoms with van der Waals surface area (Å²) < 4.78 is 10.8. The Balaban J connectivity index is 2.38. The van der Waals surface area contributed by atoms with Gasteiger partial charge in [-0.1, -0.05) is 11.6 Å². The fourth-order valence-electron chi connectivity index (χ4n) is 2.16. The van der Waals surface area contributed by atoms with Crippen molar-refractivity contribution in [2.75, 3.05) is 5.32 Å². The van der Waals surface area contributed by atoms with Gasteiger partial charge >= 0.3 is 5.97 Å². The fraction of sp³-hybridized carbons (Fsp3) is 0.312. The summed E-state index contributed by atoms with van der Waals surface area (Å²) in [6.45, 7) is 4.75. The molecule has 1 heterocycles. The van der Waals surface area contributed by atoms with E-state index in [0.29, 0.717) is 16.3 Å². The Morgan fingerprint density at radius 3 is 2.73 bits per heavy atom. The van der Waals surface area contributed by atoms with Crippen LogP contribution in [0.1, 0.15) is 30.7 Å². The van der Waals surface area contributed by atoms with E-state index in [0.717, 1.165) is 11.3 Å². The van der Waals surface area contributed by atoms with Gasteiger partial charge in [0.1, 0.15) is 0 Å².